The SMILES string of the molecule is O=C(CNCc1ccsc1)COc1ccc(-c2noc3cc(F)ccc23)cc1. The van der Waals surface area contributed by atoms with Gasteiger partial charge in [-0.2, -0.15) is 11.3 Å². The quantitative estimate of drug-likeness (QED) is 0.477. The molecule has 0 atom stereocenters. The first-order valence-electron chi connectivity index (χ1n) is 8.71. The molecule has 2 aromatic carbocycles. The molecule has 0 fully saturated rings. The monoisotopic (exact) mass is 396 g/mol. The van der Waals surface area contributed by atoms with Crippen molar-refractivity contribution in [1.29, 1.82) is 0 Å². The summed E-state index contributed by atoms with van der Waals surface area (Å²) in [6.07, 6.45) is 0. The molecular weight excluding hydrogens is 379 g/mol. The molecule has 0 bridgehead atoms. The molecule has 142 valence electrons. The third-order valence-electron chi connectivity index (χ3n) is 4.19. The Morgan fingerprint density at radius 3 is 2.82 bits per heavy atom. The van der Waals surface area contributed by atoms with Crippen LogP contribution in [0.15, 0.2) is 63.8 Å². The summed E-state index contributed by atoms with van der Waals surface area (Å²) in [6.45, 7) is 0.928. The molecule has 0 unspecified atom stereocenters. The molecule has 1 N–H and O–H groups in total. The fraction of sp³-hybridized carbons (Fsp3) is 0.143. The van der Waals surface area contributed by atoms with Crippen LogP contribution in [0.25, 0.3) is 22.2 Å². The van der Waals surface area contributed by atoms with Crippen LogP contribution in [0.1, 0.15) is 5.56 Å². The Kier molecular flexibility index (Phi) is 5.45. The van der Waals surface area contributed by atoms with E-state index in [0.717, 1.165) is 16.5 Å². The summed E-state index contributed by atoms with van der Waals surface area (Å²) >= 11 is 1.63. The molecule has 0 saturated heterocycles. The summed E-state index contributed by atoms with van der Waals surface area (Å²) in [5, 5.41) is 11.9. The predicted molar refractivity (Wildman–Crippen MR) is 106 cm³/mol. The number of thiophene rings is 1. The van der Waals surface area contributed by atoms with Gasteiger partial charge in [0.1, 0.15) is 23.9 Å². The molecule has 28 heavy (non-hydrogen) atoms. The number of nitrogens with one attached hydrogen (secondary N) is 1. The number of rotatable bonds is 8. The zero-order valence-corrected chi connectivity index (χ0v) is 15.7. The molecule has 0 spiro atoms. The smallest absolute Gasteiger partial charge is 0.183 e. The lowest BCUT2D eigenvalue weighted by atomic mass is 10.1. The lowest BCUT2D eigenvalue weighted by Gasteiger charge is -2.07. The van der Waals surface area contributed by atoms with Crippen molar-refractivity contribution in [3.63, 3.8) is 0 Å². The van der Waals surface area contributed by atoms with Gasteiger partial charge in [-0.3, -0.25) is 4.79 Å². The zero-order chi connectivity index (χ0) is 19.3. The first-order chi connectivity index (χ1) is 13.7. The van der Waals surface area contributed by atoms with E-state index in [2.05, 4.69) is 10.5 Å². The maximum absolute atomic E-state index is 13.3. The molecule has 0 aliphatic rings. The summed E-state index contributed by atoms with van der Waals surface area (Å²) in [5.41, 5.74) is 3.02. The molecule has 4 rings (SSSR count). The highest BCUT2D eigenvalue weighted by Crippen LogP contribution is 2.29. The van der Waals surface area contributed by atoms with E-state index in [1.54, 1.807) is 29.5 Å². The van der Waals surface area contributed by atoms with Crippen LogP contribution >= 0.6 is 11.3 Å². The van der Waals surface area contributed by atoms with Crippen LogP contribution in [-0.2, 0) is 11.3 Å². The second-order valence-electron chi connectivity index (χ2n) is 6.26. The van der Waals surface area contributed by atoms with E-state index in [-0.39, 0.29) is 24.8 Å². The Morgan fingerprint density at radius 2 is 2.04 bits per heavy atom. The van der Waals surface area contributed by atoms with E-state index in [0.29, 0.717) is 23.6 Å². The Labute approximate surface area is 164 Å². The van der Waals surface area contributed by atoms with Crippen molar-refractivity contribution < 1.29 is 18.4 Å². The number of hydrogen-bond acceptors (Lipinski definition) is 6. The summed E-state index contributed by atoms with van der Waals surface area (Å²) < 4.78 is 24.0. The molecule has 7 heteroatoms. The molecule has 2 aromatic heterocycles. The Balaban J connectivity index is 1.32. The van der Waals surface area contributed by atoms with E-state index < -0.39 is 0 Å². The average Bonchev–Trinajstić information content (AvgIpc) is 3.36. The number of ketones is 1. The first kappa shape index (κ1) is 18.3. The highest BCUT2D eigenvalue weighted by molar-refractivity contribution is 7.07. The van der Waals surface area contributed by atoms with Crippen molar-refractivity contribution in [1.82, 2.24) is 10.5 Å². The Hall–Kier alpha value is -3.03. The highest BCUT2D eigenvalue weighted by Gasteiger charge is 2.11. The van der Waals surface area contributed by atoms with Gasteiger partial charge >= 0.3 is 0 Å². The second kappa shape index (κ2) is 8.33. The minimum atomic E-state index is -0.367. The molecular formula is C21H17FN2O3S. The molecule has 0 saturated carbocycles. The van der Waals surface area contributed by atoms with E-state index >= 15 is 0 Å². The van der Waals surface area contributed by atoms with Gasteiger partial charge in [-0.05, 0) is 58.8 Å². The zero-order valence-electron chi connectivity index (χ0n) is 14.9. The maximum Gasteiger partial charge on any atom is 0.183 e. The Morgan fingerprint density at radius 1 is 1.18 bits per heavy atom. The van der Waals surface area contributed by atoms with Gasteiger partial charge in [-0.15, -0.1) is 0 Å². The predicted octanol–water partition coefficient (Wildman–Crippen LogP) is 4.43. The van der Waals surface area contributed by atoms with Gasteiger partial charge < -0.3 is 14.6 Å². The lowest BCUT2D eigenvalue weighted by molar-refractivity contribution is -0.120. The fourth-order valence-corrected chi connectivity index (χ4v) is 3.45. The van der Waals surface area contributed by atoms with Crippen LogP contribution in [0.4, 0.5) is 4.39 Å². The molecule has 0 radical (unpaired) electrons. The number of halogens is 1. The average molecular weight is 396 g/mol. The van der Waals surface area contributed by atoms with Gasteiger partial charge in [-0.1, -0.05) is 5.16 Å². The standard InChI is InChI=1S/C21H17FN2O3S/c22-16-3-6-19-20(9-16)27-24-21(19)15-1-4-18(5-2-15)26-12-17(25)11-23-10-14-7-8-28-13-14/h1-9,13,23H,10-12H2. The summed E-state index contributed by atoms with van der Waals surface area (Å²) in [7, 11) is 0. The second-order valence-corrected chi connectivity index (χ2v) is 7.04. The summed E-state index contributed by atoms with van der Waals surface area (Å²) in [6, 6.07) is 13.5. The number of carbonyl (C=O) groups excluding carboxylic acids is 1. The lowest BCUT2D eigenvalue weighted by Crippen LogP contribution is -2.26. The first-order valence-corrected chi connectivity index (χ1v) is 9.65. The Bertz CT molecular complexity index is 1070. The number of benzene rings is 2. The largest absolute Gasteiger partial charge is 0.486 e. The molecule has 5 nitrogen and oxygen atoms in total. The van der Waals surface area contributed by atoms with Crippen LogP contribution in [0.3, 0.4) is 0 Å². The molecule has 0 aliphatic carbocycles. The minimum absolute atomic E-state index is 0.00213. The third-order valence-corrected chi connectivity index (χ3v) is 4.93. The van der Waals surface area contributed by atoms with Crippen LogP contribution < -0.4 is 10.1 Å². The fourth-order valence-electron chi connectivity index (χ4n) is 2.78. The molecule has 2 heterocycles. The van der Waals surface area contributed by atoms with Crippen molar-refractivity contribution in [3.8, 4) is 17.0 Å². The third kappa shape index (κ3) is 4.27. The molecule has 4 aromatic rings. The number of hydrogen-bond donors (Lipinski definition) is 1. The number of aromatic nitrogens is 1. The van der Waals surface area contributed by atoms with E-state index in [9.17, 15) is 9.18 Å². The van der Waals surface area contributed by atoms with Crippen molar-refractivity contribution in [2.75, 3.05) is 13.2 Å². The number of ether oxygens (including phenoxy) is 1. The molecule has 0 aliphatic heterocycles. The van der Waals surface area contributed by atoms with E-state index in [4.69, 9.17) is 9.26 Å². The number of fused-ring (bicyclic) bond motifs is 1. The van der Waals surface area contributed by atoms with Gasteiger partial charge in [0.15, 0.2) is 11.4 Å². The van der Waals surface area contributed by atoms with Gasteiger partial charge in [0.2, 0.25) is 0 Å². The van der Waals surface area contributed by atoms with E-state index in [1.165, 1.54) is 12.1 Å². The maximum atomic E-state index is 13.3. The normalized spacial score (nSPS) is 11.0. The van der Waals surface area contributed by atoms with E-state index in [1.807, 2.05) is 29.0 Å². The number of nitrogens with zero attached hydrogens (tertiary/aromatic N) is 1. The van der Waals surface area contributed by atoms with Gasteiger partial charge in [0.25, 0.3) is 0 Å². The van der Waals surface area contributed by atoms with Crippen LogP contribution in [-0.4, -0.2) is 24.1 Å². The molecule has 0 amide bonds. The van der Waals surface area contributed by atoms with Gasteiger partial charge in [0, 0.05) is 23.6 Å². The van der Waals surface area contributed by atoms with Crippen molar-refractivity contribution in [2.24, 2.45) is 0 Å². The van der Waals surface area contributed by atoms with Crippen molar-refractivity contribution in [2.45, 2.75) is 6.54 Å². The summed E-state index contributed by atoms with van der Waals surface area (Å²) in [5.74, 6) is 0.200. The number of carbonyl (C=O) groups is 1. The van der Waals surface area contributed by atoms with Crippen LogP contribution in [0.2, 0.25) is 0 Å². The van der Waals surface area contributed by atoms with Gasteiger partial charge in [-0.25, -0.2) is 4.39 Å². The van der Waals surface area contributed by atoms with Crippen molar-refractivity contribution in [3.05, 3.63) is 70.7 Å². The topological polar surface area (TPSA) is 64.4 Å². The van der Waals surface area contributed by atoms with Crippen molar-refractivity contribution >= 4 is 28.1 Å². The van der Waals surface area contributed by atoms with Crippen LogP contribution in [0.5, 0.6) is 5.75 Å². The van der Waals surface area contributed by atoms with Gasteiger partial charge in [0.05, 0.1) is 6.54 Å². The highest BCUT2D eigenvalue weighted by atomic mass is 32.1. The summed E-state index contributed by atoms with van der Waals surface area (Å²) in [4.78, 5) is 11.9. The van der Waals surface area contributed by atoms with Crippen LogP contribution in [0, 0.1) is 5.82 Å². The number of Topliss-reactive ketones (excluding diaryl/α,β-unsaturated/α-hetero) is 1. The minimum Gasteiger partial charge on any atom is -0.486 e.